The Morgan fingerprint density at radius 1 is 1.06 bits per heavy atom. The third kappa shape index (κ3) is 6.97. The maximum absolute atomic E-state index is 13.5. The number of hydrogen-bond donors (Lipinski definition) is 1. The van der Waals surface area contributed by atoms with E-state index in [0.717, 1.165) is 11.8 Å². The van der Waals surface area contributed by atoms with Gasteiger partial charge in [0.1, 0.15) is 28.8 Å². The fourth-order valence-electron chi connectivity index (χ4n) is 3.32. The highest BCUT2D eigenvalue weighted by atomic mass is 32.2. The van der Waals surface area contributed by atoms with Crippen LogP contribution < -0.4 is 9.47 Å². The van der Waals surface area contributed by atoms with Gasteiger partial charge < -0.3 is 19.3 Å². The summed E-state index contributed by atoms with van der Waals surface area (Å²) in [5.74, 6) is -0.828. The monoisotopic (exact) mass is 513 g/mol. The fourth-order valence-corrected chi connectivity index (χ4v) is 4.35. The zero-order valence-electron chi connectivity index (χ0n) is 20.4. The van der Waals surface area contributed by atoms with Gasteiger partial charge in [-0.2, -0.15) is 0 Å². The number of nitrogens with zero attached hydrogens (tertiary/aromatic N) is 1. The molecular formula is C27H28FNO6S. The second-order valence-corrected chi connectivity index (χ2v) is 8.70. The summed E-state index contributed by atoms with van der Waals surface area (Å²) in [7, 11) is 0. The molecule has 3 rings (SSSR count). The molecule has 0 atom stereocenters. The Bertz CT molecular complexity index is 1220. The lowest BCUT2D eigenvalue weighted by molar-refractivity contribution is -0.138. The fraction of sp³-hybridized carbons (Fsp3) is 0.296. The molecule has 0 saturated heterocycles. The number of aliphatic hydroxyl groups is 1. The van der Waals surface area contributed by atoms with E-state index in [-0.39, 0.29) is 47.7 Å². The summed E-state index contributed by atoms with van der Waals surface area (Å²) in [5, 5.41) is 10.9. The average Bonchev–Trinajstić information content (AvgIpc) is 3.13. The van der Waals surface area contributed by atoms with Crippen molar-refractivity contribution < 1.29 is 33.3 Å². The topological polar surface area (TPSA) is 94.4 Å². The van der Waals surface area contributed by atoms with Crippen molar-refractivity contribution in [2.45, 2.75) is 40.2 Å². The number of esters is 1. The summed E-state index contributed by atoms with van der Waals surface area (Å²) in [4.78, 5) is 28.9. The van der Waals surface area contributed by atoms with E-state index in [9.17, 15) is 19.1 Å². The van der Waals surface area contributed by atoms with E-state index in [1.54, 1.807) is 43.3 Å². The van der Waals surface area contributed by atoms with Gasteiger partial charge >= 0.3 is 5.97 Å². The number of benzene rings is 2. The zero-order chi connectivity index (χ0) is 26.1. The SMILES string of the molecule is CCCC(=O)N=C1S/C(=C\c2ccc(OCc3cccc(F)c3)c(OCC)c2)C(O)=C1C(=O)OCC. The van der Waals surface area contributed by atoms with Crippen molar-refractivity contribution in [1.82, 2.24) is 0 Å². The van der Waals surface area contributed by atoms with Crippen molar-refractivity contribution in [3.63, 3.8) is 0 Å². The van der Waals surface area contributed by atoms with Crippen LogP contribution in [0.3, 0.4) is 0 Å². The number of thioether (sulfide) groups is 1. The second-order valence-electron chi connectivity index (χ2n) is 7.67. The summed E-state index contributed by atoms with van der Waals surface area (Å²) in [6, 6.07) is 11.3. The second kappa shape index (κ2) is 12.9. The predicted octanol–water partition coefficient (Wildman–Crippen LogP) is 5.99. The number of rotatable bonds is 10. The average molecular weight is 514 g/mol. The first-order valence-corrected chi connectivity index (χ1v) is 12.4. The lowest BCUT2D eigenvalue weighted by Gasteiger charge is -2.13. The van der Waals surface area contributed by atoms with E-state index in [2.05, 4.69) is 4.99 Å². The number of carbonyl (C=O) groups is 2. The molecule has 2 aromatic rings. The van der Waals surface area contributed by atoms with E-state index in [4.69, 9.17) is 14.2 Å². The molecule has 0 radical (unpaired) electrons. The minimum Gasteiger partial charge on any atom is -0.506 e. The molecule has 190 valence electrons. The Labute approximate surface area is 213 Å². The van der Waals surface area contributed by atoms with Crippen molar-refractivity contribution in [2.24, 2.45) is 4.99 Å². The third-order valence-corrected chi connectivity index (χ3v) is 5.93. The summed E-state index contributed by atoms with van der Waals surface area (Å²) in [6.45, 7) is 6.01. The molecule has 1 N–H and O–H groups in total. The Balaban J connectivity index is 1.90. The maximum Gasteiger partial charge on any atom is 0.344 e. The van der Waals surface area contributed by atoms with Crippen LogP contribution in [-0.2, 0) is 20.9 Å². The van der Waals surface area contributed by atoms with Crippen LogP contribution >= 0.6 is 11.8 Å². The quantitative estimate of drug-likeness (QED) is 0.390. The van der Waals surface area contributed by atoms with Crippen LogP contribution in [0.15, 0.2) is 63.7 Å². The van der Waals surface area contributed by atoms with Gasteiger partial charge in [0, 0.05) is 6.42 Å². The van der Waals surface area contributed by atoms with Gasteiger partial charge in [-0.05, 0) is 61.7 Å². The Morgan fingerprint density at radius 2 is 1.86 bits per heavy atom. The maximum atomic E-state index is 13.5. The van der Waals surface area contributed by atoms with Crippen LogP contribution in [0.2, 0.25) is 0 Å². The van der Waals surface area contributed by atoms with Gasteiger partial charge in [0.2, 0.25) is 5.91 Å². The predicted molar refractivity (Wildman–Crippen MR) is 138 cm³/mol. The Hall–Kier alpha value is -3.59. The van der Waals surface area contributed by atoms with Gasteiger partial charge in [-0.25, -0.2) is 14.2 Å². The van der Waals surface area contributed by atoms with E-state index in [0.29, 0.717) is 40.6 Å². The van der Waals surface area contributed by atoms with Crippen LogP contribution in [0.5, 0.6) is 11.5 Å². The first-order chi connectivity index (χ1) is 17.4. The van der Waals surface area contributed by atoms with E-state index in [1.807, 2.05) is 13.8 Å². The minimum atomic E-state index is -0.745. The molecule has 0 spiro atoms. The molecule has 0 unspecified atom stereocenters. The van der Waals surface area contributed by atoms with Gasteiger partial charge in [-0.15, -0.1) is 0 Å². The molecule has 7 nitrogen and oxygen atoms in total. The smallest absolute Gasteiger partial charge is 0.344 e. The van der Waals surface area contributed by atoms with Gasteiger partial charge in [0.25, 0.3) is 0 Å². The summed E-state index contributed by atoms with van der Waals surface area (Å²) in [5.41, 5.74) is 1.21. The molecule has 1 amide bonds. The van der Waals surface area contributed by atoms with Crippen molar-refractivity contribution >= 4 is 34.8 Å². The third-order valence-electron chi connectivity index (χ3n) is 4.91. The lowest BCUT2D eigenvalue weighted by Crippen LogP contribution is -2.14. The lowest BCUT2D eigenvalue weighted by atomic mass is 10.1. The molecule has 36 heavy (non-hydrogen) atoms. The molecule has 0 saturated carbocycles. The number of hydrogen-bond acceptors (Lipinski definition) is 7. The van der Waals surface area contributed by atoms with Gasteiger partial charge in [0.15, 0.2) is 11.5 Å². The molecule has 2 aromatic carbocycles. The molecule has 0 aliphatic carbocycles. The molecule has 0 bridgehead atoms. The standard InChI is InChI=1S/C27H28FNO6S/c1-4-8-23(30)29-26-24(27(32)34-6-3)25(31)22(36-26)15-17-11-12-20(21(14-17)33-5-2)35-16-18-9-7-10-19(28)13-18/h7,9-15,31H,4-6,8,16H2,1-3H3/b22-15-,29-26?. The van der Waals surface area contributed by atoms with Gasteiger partial charge in [-0.1, -0.05) is 36.9 Å². The van der Waals surface area contributed by atoms with Crippen molar-refractivity contribution in [2.75, 3.05) is 13.2 Å². The normalized spacial score (nSPS) is 15.4. The van der Waals surface area contributed by atoms with Gasteiger partial charge in [-0.3, -0.25) is 4.79 Å². The highest BCUT2D eigenvalue weighted by molar-refractivity contribution is 8.18. The first kappa shape index (κ1) is 27.0. The highest BCUT2D eigenvalue weighted by Crippen LogP contribution is 2.40. The number of amides is 1. The minimum absolute atomic E-state index is 0.107. The molecule has 1 heterocycles. The van der Waals surface area contributed by atoms with E-state index >= 15 is 0 Å². The van der Waals surface area contributed by atoms with Crippen LogP contribution in [0.4, 0.5) is 4.39 Å². The zero-order valence-corrected chi connectivity index (χ0v) is 21.2. The number of halogens is 1. The van der Waals surface area contributed by atoms with Crippen molar-refractivity contribution in [3.8, 4) is 11.5 Å². The largest absolute Gasteiger partial charge is 0.506 e. The van der Waals surface area contributed by atoms with Crippen LogP contribution in [0.1, 0.15) is 44.7 Å². The van der Waals surface area contributed by atoms with Crippen molar-refractivity contribution in [3.05, 3.63) is 75.6 Å². The Morgan fingerprint density at radius 3 is 2.56 bits per heavy atom. The highest BCUT2D eigenvalue weighted by Gasteiger charge is 2.33. The number of carbonyl (C=O) groups excluding carboxylic acids is 2. The first-order valence-electron chi connectivity index (χ1n) is 11.6. The summed E-state index contributed by atoms with van der Waals surface area (Å²) in [6.07, 6.45) is 2.50. The van der Waals surface area contributed by atoms with Crippen LogP contribution in [0.25, 0.3) is 6.08 Å². The van der Waals surface area contributed by atoms with E-state index < -0.39 is 5.97 Å². The Kier molecular flexibility index (Phi) is 9.69. The summed E-state index contributed by atoms with van der Waals surface area (Å²) < 4.78 is 30.1. The summed E-state index contributed by atoms with van der Waals surface area (Å²) >= 11 is 1.02. The molecule has 9 heteroatoms. The number of aliphatic imine (C=N–C) groups is 1. The molecular weight excluding hydrogens is 485 g/mol. The number of ether oxygens (including phenoxy) is 3. The molecule has 1 aliphatic heterocycles. The molecule has 0 fully saturated rings. The van der Waals surface area contributed by atoms with Crippen LogP contribution in [0, 0.1) is 5.82 Å². The molecule has 1 aliphatic rings. The van der Waals surface area contributed by atoms with Crippen molar-refractivity contribution in [1.29, 1.82) is 0 Å². The van der Waals surface area contributed by atoms with E-state index in [1.165, 1.54) is 12.1 Å². The molecule has 0 aromatic heterocycles. The number of aliphatic hydroxyl groups excluding tert-OH is 1. The van der Waals surface area contributed by atoms with Gasteiger partial charge in [0.05, 0.1) is 18.1 Å². The van der Waals surface area contributed by atoms with Crippen LogP contribution in [-0.4, -0.2) is 35.2 Å².